The van der Waals surface area contributed by atoms with E-state index in [-0.39, 0.29) is 0 Å². The molecule has 2 aromatic rings. The smallest absolute Gasteiger partial charge is 0.246 e. The molecular formula is C10H11ClN4O2S. The number of pyridine rings is 1. The second-order valence-corrected chi connectivity index (χ2v) is 5.88. The third-order valence-electron chi connectivity index (χ3n) is 2.24. The van der Waals surface area contributed by atoms with Gasteiger partial charge in [0.15, 0.2) is 0 Å². The number of aromatic nitrogens is 3. The molecule has 8 heteroatoms. The first-order chi connectivity index (χ1) is 8.52. The molecular weight excluding hydrogens is 276 g/mol. The van der Waals surface area contributed by atoms with E-state index in [1.54, 1.807) is 29.1 Å². The van der Waals surface area contributed by atoms with Crippen LogP contribution in [0.1, 0.15) is 5.82 Å². The Bertz CT molecular complexity index is 636. The van der Waals surface area contributed by atoms with Crippen LogP contribution >= 0.6 is 11.6 Å². The van der Waals surface area contributed by atoms with Gasteiger partial charge in [-0.05, 0) is 19.1 Å². The molecule has 0 aliphatic heterocycles. The fraction of sp³-hybridized carbons (Fsp3) is 0.200. The van der Waals surface area contributed by atoms with Crippen LogP contribution in [-0.2, 0) is 10.0 Å². The van der Waals surface area contributed by atoms with Gasteiger partial charge in [-0.15, -0.1) is 11.6 Å². The number of hydrogen-bond donors (Lipinski definition) is 1. The summed E-state index contributed by atoms with van der Waals surface area (Å²) in [7, 11) is -3.49. The second-order valence-electron chi connectivity index (χ2n) is 3.58. The van der Waals surface area contributed by atoms with Gasteiger partial charge in [-0.1, -0.05) is 0 Å². The summed E-state index contributed by atoms with van der Waals surface area (Å²) in [6.45, 7) is 1.85. The van der Waals surface area contributed by atoms with Crippen molar-refractivity contribution in [3.8, 4) is 5.82 Å². The molecule has 0 amide bonds. The summed E-state index contributed by atoms with van der Waals surface area (Å²) in [5.74, 6) is 1.47. The number of anilines is 1. The SMILES string of the molecule is Cc1nccn1-c1ccc(NS(=O)(=O)CCl)cn1. The minimum Gasteiger partial charge on any atom is -0.288 e. The molecule has 2 rings (SSSR count). The van der Waals surface area contributed by atoms with Gasteiger partial charge in [0.2, 0.25) is 10.0 Å². The predicted molar refractivity (Wildman–Crippen MR) is 69.4 cm³/mol. The maximum atomic E-state index is 11.3. The standard InChI is InChI=1S/C10H11ClN4O2S/c1-8-12-4-5-15(8)10-3-2-9(6-13-10)14-18(16,17)7-11/h2-6,14H,7H2,1H3. The van der Waals surface area contributed by atoms with Gasteiger partial charge in [-0.2, -0.15) is 0 Å². The highest BCUT2D eigenvalue weighted by Crippen LogP contribution is 2.12. The van der Waals surface area contributed by atoms with Crippen molar-refractivity contribution in [3.63, 3.8) is 0 Å². The maximum Gasteiger partial charge on any atom is 0.246 e. The van der Waals surface area contributed by atoms with Crippen LogP contribution in [0.15, 0.2) is 30.7 Å². The van der Waals surface area contributed by atoms with E-state index in [0.717, 1.165) is 5.82 Å². The van der Waals surface area contributed by atoms with Crippen LogP contribution in [0.5, 0.6) is 0 Å². The maximum absolute atomic E-state index is 11.3. The van der Waals surface area contributed by atoms with Crippen molar-refractivity contribution in [1.29, 1.82) is 0 Å². The Morgan fingerprint density at radius 3 is 2.67 bits per heavy atom. The van der Waals surface area contributed by atoms with Crippen LogP contribution in [0.4, 0.5) is 5.69 Å². The first kappa shape index (κ1) is 12.8. The van der Waals surface area contributed by atoms with Crippen molar-refractivity contribution in [2.75, 3.05) is 9.93 Å². The Kier molecular flexibility index (Phi) is 3.53. The molecule has 1 N–H and O–H groups in total. The summed E-state index contributed by atoms with van der Waals surface area (Å²) in [6, 6.07) is 3.31. The molecule has 0 radical (unpaired) electrons. The zero-order valence-corrected chi connectivity index (χ0v) is 11.1. The van der Waals surface area contributed by atoms with E-state index in [4.69, 9.17) is 11.6 Å². The highest BCUT2D eigenvalue weighted by atomic mass is 35.5. The van der Waals surface area contributed by atoms with Gasteiger partial charge in [0.05, 0.1) is 11.9 Å². The lowest BCUT2D eigenvalue weighted by Crippen LogP contribution is -2.13. The first-order valence-electron chi connectivity index (χ1n) is 5.05. The zero-order valence-electron chi connectivity index (χ0n) is 9.54. The normalized spacial score (nSPS) is 11.4. The molecule has 0 fully saturated rings. The van der Waals surface area contributed by atoms with E-state index < -0.39 is 15.2 Å². The van der Waals surface area contributed by atoms with Gasteiger partial charge in [-0.25, -0.2) is 18.4 Å². The van der Waals surface area contributed by atoms with Gasteiger partial charge in [0.1, 0.15) is 16.9 Å². The lowest BCUT2D eigenvalue weighted by molar-refractivity contribution is 0.605. The lowest BCUT2D eigenvalue weighted by atomic mass is 10.4. The number of nitrogens with one attached hydrogen (secondary N) is 1. The van der Waals surface area contributed by atoms with Crippen LogP contribution in [-0.4, -0.2) is 28.2 Å². The minimum atomic E-state index is -3.49. The molecule has 18 heavy (non-hydrogen) atoms. The summed E-state index contributed by atoms with van der Waals surface area (Å²) in [5.41, 5.74) is 0.372. The third-order valence-corrected chi connectivity index (χ3v) is 3.93. The monoisotopic (exact) mass is 286 g/mol. The molecule has 0 atom stereocenters. The number of aryl methyl sites for hydroxylation is 1. The number of halogens is 1. The van der Waals surface area contributed by atoms with Gasteiger partial charge >= 0.3 is 0 Å². The Morgan fingerprint density at radius 2 is 2.17 bits per heavy atom. The van der Waals surface area contributed by atoms with E-state index in [0.29, 0.717) is 11.5 Å². The largest absolute Gasteiger partial charge is 0.288 e. The summed E-state index contributed by atoms with van der Waals surface area (Å²) >= 11 is 5.29. The minimum absolute atomic E-state index is 0.372. The Labute approximate surface area is 110 Å². The molecule has 0 saturated carbocycles. The van der Waals surface area contributed by atoms with Crippen molar-refractivity contribution in [2.45, 2.75) is 6.92 Å². The van der Waals surface area contributed by atoms with E-state index >= 15 is 0 Å². The van der Waals surface area contributed by atoms with E-state index in [9.17, 15) is 8.42 Å². The number of alkyl halides is 1. The number of nitrogens with zero attached hydrogens (tertiary/aromatic N) is 3. The summed E-state index contributed by atoms with van der Waals surface area (Å²) in [4.78, 5) is 8.24. The Hall–Kier alpha value is -1.60. The molecule has 2 heterocycles. The number of sulfonamides is 1. The molecule has 6 nitrogen and oxygen atoms in total. The van der Waals surface area contributed by atoms with Gasteiger partial charge in [-0.3, -0.25) is 9.29 Å². The molecule has 0 aromatic carbocycles. The topological polar surface area (TPSA) is 76.9 Å². The van der Waals surface area contributed by atoms with Gasteiger partial charge < -0.3 is 0 Å². The summed E-state index contributed by atoms with van der Waals surface area (Å²) in [6.07, 6.45) is 4.88. The highest BCUT2D eigenvalue weighted by molar-refractivity contribution is 7.93. The van der Waals surface area contributed by atoms with Crippen molar-refractivity contribution >= 4 is 27.3 Å². The van der Waals surface area contributed by atoms with Crippen LogP contribution in [0.25, 0.3) is 5.82 Å². The zero-order chi connectivity index (χ0) is 13.2. The number of hydrogen-bond acceptors (Lipinski definition) is 4. The van der Waals surface area contributed by atoms with Crippen molar-refractivity contribution in [1.82, 2.24) is 14.5 Å². The fourth-order valence-corrected chi connectivity index (χ4v) is 2.11. The van der Waals surface area contributed by atoms with Gasteiger partial charge in [0, 0.05) is 12.4 Å². The molecule has 96 valence electrons. The summed E-state index contributed by atoms with van der Waals surface area (Å²) in [5, 5.41) is -0.491. The highest BCUT2D eigenvalue weighted by Gasteiger charge is 2.08. The fourth-order valence-electron chi connectivity index (χ4n) is 1.42. The average molecular weight is 287 g/mol. The molecule has 0 aliphatic carbocycles. The summed E-state index contributed by atoms with van der Waals surface area (Å²) < 4.78 is 26.6. The molecule has 0 aliphatic rings. The Morgan fingerprint density at radius 1 is 1.39 bits per heavy atom. The first-order valence-corrected chi connectivity index (χ1v) is 7.23. The average Bonchev–Trinajstić information content (AvgIpc) is 2.76. The van der Waals surface area contributed by atoms with Crippen LogP contribution in [0, 0.1) is 6.92 Å². The van der Waals surface area contributed by atoms with Gasteiger partial charge in [0.25, 0.3) is 0 Å². The van der Waals surface area contributed by atoms with Crippen molar-refractivity contribution < 1.29 is 8.42 Å². The molecule has 0 bridgehead atoms. The van der Waals surface area contributed by atoms with Crippen LogP contribution in [0.3, 0.4) is 0 Å². The molecule has 0 spiro atoms. The number of rotatable bonds is 4. The van der Waals surface area contributed by atoms with E-state index in [1.807, 2.05) is 6.92 Å². The van der Waals surface area contributed by atoms with Crippen LogP contribution in [0.2, 0.25) is 0 Å². The van der Waals surface area contributed by atoms with E-state index in [1.165, 1.54) is 6.20 Å². The molecule has 2 aromatic heterocycles. The Balaban J connectivity index is 2.24. The predicted octanol–water partition coefficient (Wildman–Crippen LogP) is 1.51. The number of imidazole rings is 1. The van der Waals surface area contributed by atoms with Crippen molar-refractivity contribution in [3.05, 3.63) is 36.5 Å². The third kappa shape index (κ3) is 2.80. The second kappa shape index (κ2) is 4.95. The van der Waals surface area contributed by atoms with Crippen LogP contribution < -0.4 is 4.72 Å². The molecule has 0 saturated heterocycles. The molecule has 0 unspecified atom stereocenters. The lowest BCUT2D eigenvalue weighted by Gasteiger charge is -2.07. The van der Waals surface area contributed by atoms with Crippen molar-refractivity contribution in [2.24, 2.45) is 0 Å². The quantitative estimate of drug-likeness (QED) is 0.865. The van der Waals surface area contributed by atoms with E-state index in [2.05, 4.69) is 14.7 Å².